The molecule has 0 aliphatic rings. The number of nitrogens with zero attached hydrogens (tertiary/aromatic N) is 1. The maximum Gasteiger partial charge on any atom is 0.331 e. The van der Waals surface area contributed by atoms with Gasteiger partial charge >= 0.3 is 5.97 Å². The molecule has 25 heavy (non-hydrogen) atoms. The first-order valence-electron chi connectivity index (χ1n) is 8.29. The van der Waals surface area contributed by atoms with E-state index in [-0.39, 0.29) is 5.97 Å². The van der Waals surface area contributed by atoms with Crippen molar-refractivity contribution in [3.8, 4) is 11.3 Å². The highest BCUT2D eigenvalue weighted by atomic mass is 16.6. The third-order valence-corrected chi connectivity index (χ3v) is 3.62. The minimum absolute atomic E-state index is 0.352. The van der Waals surface area contributed by atoms with Crippen LogP contribution in [0.4, 0.5) is 0 Å². The summed E-state index contributed by atoms with van der Waals surface area (Å²) in [7, 11) is 0. The molecule has 0 saturated carbocycles. The summed E-state index contributed by atoms with van der Waals surface area (Å²) in [5.74, 6) is -0.352. The Bertz CT molecular complexity index is 922. The summed E-state index contributed by atoms with van der Waals surface area (Å²) in [6.45, 7) is 5.57. The van der Waals surface area contributed by atoms with Gasteiger partial charge in [0, 0.05) is 17.0 Å². The number of hydrogen-bond acceptors (Lipinski definition) is 3. The minimum Gasteiger partial charge on any atom is -0.457 e. The van der Waals surface area contributed by atoms with Crippen molar-refractivity contribution in [2.75, 3.05) is 0 Å². The van der Waals surface area contributed by atoms with Crippen molar-refractivity contribution in [1.82, 2.24) is 4.98 Å². The summed E-state index contributed by atoms with van der Waals surface area (Å²) in [5.41, 5.74) is 3.25. The van der Waals surface area contributed by atoms with Crippen molar-refractivity contribution in [2.45, 2.75) is 26.4 Å². The summed E-state index contributed by atoms with van der Waals surface area (Å²) in [6, 6.07) is 19.9. The van der Waals surface area contributed by atoms with E-state index in [1.165, 1.54) is 6.08 Å². The van der Waals surface area contributed by atoms with E-state index >= 15 is 0 Å². The highest BCUT2D eigenvalue weighted by Crippen LogP contribution is 2.25. The van der Waals surface area contributed by atoms with Gasteiger partial charge < -0.3 is 4.74 Å². The number of aromatic nitrogens is 1. The number of esters is 1. The maximum absolute atomic E-state index is 12.0. The van der Waals surface area contributed by atoms with Crippen LogP contribution in [0.1, 0.15) is 26.3 Å². The number of hydrogen-bond donors (Lipinski definition) is 0. The van der Waals surface area contributed by atoms with Crippen LogP contribution in [0.15, 0.2) is 66.7 Å². The molecule has 0 N–H and O–H groups in total. The number of fused-ring (bicyclic) bond motifs is 1. The van der Waals surface area contributed by atoms with E-state index in [4.69, 9.17) is 9.72 Å². The second-order valence-corrected chi connectivity index (χ2v) is 6.85. The molecule has 126 valence electrons. The summed E-state index contributed by atoms with van der Waals surface area (Å²) < 4.78 is 5.35. The molecular weight excluding hydrogens is 310 g/mol. The molecular formula is C22H21NO2. The van der Waals surface area contributed by atoms with E-state index in [2.05, 4.69) is 0 Å². The van der Waals surface area contributed by atoms with Crippen LogP contribution in [0.2, 0.25) is 0 Å². The smallest absolute Gasteiger partial charge is 0.331 e. The Kier molecular flexibility index (Phi) is 4.66. The quantitative estimate of drug-likeness (QED) is 0.485. The average molecular weight is 331 g/mol. The van der Waals surface area contributed by atoms with Gasteiger partial charge in [-0.1, -0.05) is 48.5 Å². The van der Waals surface area contributed by atoms with Crippen LogP contribution >= 0.6 is 0 Å². The van der Waals surface area contributed by atoms with Crippen LogP contribution in [0.5, 0.6) is 0 Å². The molecule has 0 atom stereocenters. The van der Waals surface area contributed by atoms with E-state index in [1.54, 1.807) is 6.08 Å². The maximum atomic E-state index is 12.0. The van der Waals surface area contributed by atoms with Gasteiger partial charge in [0.25, 0.3) is 0 Å². The third-order valence-electron chi connectivity index (χ3n) is 3.62. The molecule has 0 saturated heterocycles. The minimum atomic E-state index is -0.503. The lowest BCUT2D eigenvalue weighted by atomic mass is 10.0. The molecule has 0 amide bonds. The van der Waals surface area contributed by atoms with E-state index < -0.39 is 5.60 Å². The normalized spacial score (nSPS) is 11.8. The predicted octanol–water partition coefficient (Wildman–Crippen LogP) is 5.26. The van der Waals surface area contributed by atoms with Crippen molar-refractivity contribution in [3.63, 3.8) is 0 Å². The molecule has 0 bridgehead atoms. The first-order valence-corrected chi connectivity index (χ1v) is 8.29. The molecule has 1 aromatic heterocycles. The molecule has 0 fully saturated rings. The molecule has 0 aliphatic heterocycles. The molecule has 3 nitrogen and oxygen atoms in total. The largest absolute Gasteiger partial charge is 0.457 e. The number of ether oxygens (including phenoxy) is 1. The van der Waals surface area contributed by atoms with Gasteiger partial charge in [-0.05, 0) is 44.5 Å². The number of para-hydroxylation sites is 1. The number of carbonyl (C=O) groups is 1. The second kappa shape index (κ2) is 6.89. The van der Waals surface area contributed by atoms with Crippen molar-refractivity contribution < 1.29 is 9.53 Å². The summed E-state index contributed by atoms with van der Waals surface area (Å²) >= 11 is 0. The van der Waals surface area contributed by atoms with Crippen molar-refractivity contribution in [2.24, 2.45) is 0 Å². The standard InChI is InChI=1S/C22H21NO2/c1-22(2,3)25-21(24)14-13-17-15-20(16-9-5-4-6-10-16)23-19-12-8-7-11-18(17)19/h4-15H,1-3H3/b14-13+. The lowest BCUT2D eigenvalue weighted by molar-refractivity contribution is -0.148. The van der Waals surface area contributed by atoms with Crippen LogP contribution < -0.4 is 0 Å². The Morgan fingerprint density at radius 2 is 1.68 bits per heavy atom. The van der Waals surface area contributed by atoms with E-state index in [9.17, 15) is 4.79 Å². The Morgan fingerprint density at radius 1 is 1.00 bits per heavy atom. The van der Waals surface area contributed by atoms with Gasteiger partial charge in [-0.25, -0.2) is 9.78 Å². The monoisotopic (exact) mass is 331 g/mol. The Hall–Kier alpha value is -2.94. The van der Waals surface area contributed by atoms with Crippen molar-refractivity contribution >= 4 is 22.9 Å². The highest BCUT2D eigenvalue weighted by Gasteiger charge is 2.14. The average Bonchev–Trinajstić information content (AvgIpc) is 2.58. The van der Waals surface area contributed by atoms with Crippen LogP contribution in [-0.2, 0) is 9.53 Å². The van der Waals surface area contributed by atoms with Crippen LogP contribution in [0, 0.1) is 0 Å². The molecule has 0 unspecified atom stereocenters. The molecule has 3 aromatic rings. The second-order valence-electron chi connectivity index (χ2n) is 6.85. The van der Waals surface area contributed by atoms with E-state index in [0.29, 0.717) is 0 Å². The lowest BCUT2D eigenvalue weighted by Gasteiger charge is -2.18. The zero-order valence-corrected chi connectivity index (χ0v) is 14.7. The first kappa shape index (κ1) is 16.9. The first-order chi connectivity index (χ1) is 11.9. The molecule has 0 radical (unpaired) electrons. The number of rotatable bonds is 3. The molecule has 2 aromatic carbocycles. The van der Waals surface area contributed by atoms with Gasteiger partial charge in [-0.15, -0.1) is 0 Å². The number of benzene rings is 2. The zero-order chi connectivity index (χ0) is 17.9. The zero-order valence-electron chi connectivity index (χ0n) is 14.7. The Balaban J connectivity index is 2.03. The van der Waals surface area contributed by atoms with Gasteiger partial charge in [0.2, 0.25) is 0 Å². The summed E-state index contributed by atoms with van der Waals surface area (Å²) in [5, 5.41) is 1.00. The summed E-state index contributed by atoms with van der Waals surface area (Å²) in [4.78, 5) is 16.7. The fraction of sp³-hybridized carbons (Fsp3) is 0.182. The van der Waals surface area contributed by atoms with Crippen LogP contribution in [0.25, 0.3) is 28.2 Å². The SMILES string of the molecule is CC(C)(C)OC(=O)/C=C/c1cc(-c2ccccc2)nc2ccccc12. The predicted molar refractivity (Wildman–Crippen MR) is 102 cm³/mol. The van der Waals surface area contributed by atoms with Crippen LogP contribution in [0.3, 0.4) is 0 Å². The fourth-order valence-corrected chi connectivity index (χ4v) is 2.59. The summed E-state index contributed by atoms with van der Waals surface area (Å²) in [6.07, 6.45) is 3.27. The van der Waals surface area contributed by atoms with E-state index in [0.717, 1.165) is 27.7 Å². The Labute approximate surface area is 148 Å². The van der Waals surface area contributed by atoms with Crippen molar-refractivity contribution in [1.29, 1.82) is 0 Å². The highest BCUT2D eigenvalue weighted by molar-refractivity contribution is 5.94. The molecule has 0 spiro atoms. The number of pyridine rings is 1. The topological polar surface area (TPSA) is 39.2 Å². The van der Waals surface area contributed by atoms with Gasteiger partial charge in [0.15, 0.2) is 0 Å². The third kappa shape index (κ3) is 4.32. The number of carbonyl (C=O) groups excluding carboxylic acids is 1. The molecule has 3 heteroatoms. The molecule has 1 heterocycles. The Morgan fingerprint density at radius 3 is 2.40 bits per heavy atom. The fourth-order valence-electron chi connectivity index (χ4n) is 2.59. The van der Waals surface area contributed by atoms with Crippen LogP contribution in [-0.4, -0.2) is 16.6 Å². The van der Waals surface area contributed by atoms with Gasteiger partial charge in [-0.2, -0.15) is 0 Å². The van der Waals surface area contributed by atoms with Gasteiger partial charge in [-0.3, -0.25) is 0 Å². The van der Waals surface area contributed by atoms with Gasteiger partial charge in [0.05, 0.1) is 11.2 Å². The van der Waals surface area contributed by atoms with E-state index in [1.807, 2.05) is 81.4 Å². The van der Waals surface area contributed by atoms with Crippen molar-refractivity contribution in [3.05, 3.63) is 72.3 Å². The lowest BCUT2D eigenvalue weighted by Crippen LogP contribution is -2.22. The molecule has 0 aliphatic carbocycles. The van der Waals surface area contributed by atoms with Gasteiger partial charge in [0.1, 0.15) is 5.60 Å². The molecule has 3 rings (SSSR count).